The second-order valence-electron chi connectivity index (χ2n) is 7.91. The van der Waals surface area contributed by atoms with Crippen LogP contribution in [0.1, 0.15) is 78.2 Å². The predicted molar refractivity (Wildman–Crippen MR) is 104 cm³/mol. The van der Waals surface area contributed by atoms with Crippen molar-refractivity contribution in [2.75, 3.05) is 6.54 Å². The average Bonchev–Trinajstić information content (AvgIpc) is 2.53. The summed E-state index contributed by atoms with van der Waals surface area (Å²) in [5, 5.41) is 3.68. The van der Waals surface area contributed by atoms with E-state index in [1.54, 1.807) is 0 Å². The van der Waals surface area contributed by atoms with Gasteiger partial charge in [0, 0.05) is 6.04 Å². The van der Waals surface area contributed by atoms with E-state index >= 15 is 0 Å². The molecule has 0 spiro atoms. The Morgan fingerprint density at radius 2 is 1.57 bits per heavy atom. The largest absolute Gasteiger partial charge is 0.314 e. The van der Waals surface area contributed by atoms with E-state index in [4.69, 9.17) is 0 Å². The third-order valence-electron chi connectivity index (χ3n) is 4.48. The maximum absolute atomic E-state index is 3.68. The van der Waals surface area contributed by atoms with Gasteiger partial charge in [-0.25, -0.2) is 0 Å². The third kappa shape index (κ3) is 11.4. The lowest BCUT2D eigenvalue weighted by atomic mass is 9.95. The SMILES string of the molecule is CC(C)CCCNC1CCCCC1.CC(C)Cc1ccccc1. The first-order valence-corrected chi connectivity index (χ1v) is 9.85. The van der Waals surface area contributed by atoms with Crippen LogP contribution in [0.25, 0.3) is 0 Å². The smallest absolute Gasteiger partial charge is 0.00670 e. The molecule has 1 aliphatic carbocycles. The first-order chi connectivity index (χ1) is 11.1. The van der Waals surface area contributed by atoms with Gasteiger partial charge in [0.25, 0.3) is 0 Å². The molecule has 0 saturated heterocycles. The zero-order chi connectivity index (χ0) is 16.9. The summed E-state index contributed by atoms with van der Waals surface area (Å²) in [6, 6.07) is 11.5. The van der Waals surface area contributed by atoms with Crippen LogP contribution < -0.4 is 5.32 Å². The fraction of sp³-hybridized carbons (Fsp3) is 0.727. The molecule has 0 amide bonds. The number of rotatable bonds is 7. The minimum Gasteiger partial charge on any atom is -0.314 e. The van der Waals surface area contributed by atoms with Crippen molar-refractivity contribution in [2.45, 2.75) is 85.1 Å². The normalized spacial score (nSPS) is 15.6. The van der Waals surface area contributed by atoms with Crippen LogP contribution in [0, 0.1) is 11.8 Å². The van der Waals surface area contributed by atoms with Crippen molar-refractivity contribution in [3.63, 3.8) is 0 Å². The molecule has 0 aromatic heterocycles. The van der Waals surface area contributed by atoms with Crippen LogP contribution in [0.4, 0.5) is 0 Å². The van der Waals surface area contributed by atoms with Crippen LogP contribution in [-0.4, -0.2) is 12.6 Å². The summed E-state index contributed by atoms with van der Waals surface area (Å²) in [6.07, 6.45) is 11.1. The first kappa shape index (κ1) is 20.2. The van der Waals surface area contributed by atoms with Crippen LogP contribution in [0.5, 0.6) is 0 Å². The molecule has 1 N–H and O–H groups in total. The quantitative estimate of drug-likeness (QED) is 0.588. The van der Waals surface area contributed by atoms with E-state index in [9.17, 15) is 0 Å². The molecule has 1 nitrogen and oxygen atoms in total. The number of nitrogens with one attached hydrogen (secondary N) is 1. The Hall–Kier alpha value is -0.820. The molecule has 0 radical (unpaired) electrons. The van der Waals surface area contributed by atoms with Gasteiger partial charge in [0.1, 0.15) is 0 Å². The fourth-order valence-electron chi connectivity index (χ4n) is 3.21. The van der Waals surface area contributed by atoms with E-state index in [0.29, 0.717) is 0 Å². The van der Waals surface area contributed by atoms with Gasteiger partial charge < -0.3 is 5.32 Å². The van der Waals surface area contributed by atoms with Crippen LogP contribution in [0.3, 0.4) is 0 Å². The first-order valence-electron chi connectivity index (χ1n) is 9.85. The van der Waals surface area contributed by atoms with Crippen LogP contribution in [0.15, 0.2) is 30.3 Å². The molecule has 0 unspecified atom stereocenters. The second-order valence-corrected chi connectivity index (χ2v) is 7.91. The maximum atomic E-state index is 3.68. The topological polar surface area (TPSA) is 12.0 Å². The number of hydrogen-bond donors (Lipinski definition) is 1. The molecule has 0 bridgehead atoms. The zero-order valence-electron chi connectivity index (χ0n) is 16.0. The average molecular weight is 318 g/mol. The summed E-state index contributed by atoms with van der Waals surface area (Å²) in [6.45, 7) is 10.3. The Morgan fingerprint density at radius 1 is 0.913 bits per heavy atom. The molecule has 0 atom stereocenters. The molecule has 2 rings (SSSR count). The standard InChI is InChI=1S/C12H25N.C10H14/c1-11(2)7-6-10-13-12-8-4-3-5-9-12;1-9(2)8-10-6-4-3-5-7-10/h11-13H,3-10H2,1-2H3;3-7,9H,8H2,1-2H3. The van der Waals surface area contributed by atoms with Crippen molar-refractivity contribution in [2.24, 2.45) is 11.8 Å². The molecule has 23 heavy (non-hydrogen) atoms. The Balaban J connectivity index is 0.000000238. The lowest BCUT2D eigenvalue weighted by Crippen LogP contribution is -2.31. The molecule has 1 aliphatic rings. The summed E-state index contributed by atoms with van der Waals surface area (Å²) in [5.41, 5.74) is 1.44. The van der Waals surface area contributed by atoms with Crippen molar-refractivity contribution < 1.29 is 0 Å². The van der Waals surface area contributed by atoms with Crippen molar-refractivity contribution in [1.82, 2.24) is 5.32 Å². The molecule has 1 aromatic rings. The van der Waals surface area contributed by atoms with Gasteiger partial charge >= 0.3 is 0 Å². The van der Waals surface area contributed by atoms with E-state index in [0.717, 1.165) is 17.9 Å². The van der Waals surface area contributed by atoms with Crippen LogP contribution >= 0.6 is 0 Å². The van der Waals surface area contributed by atoms with Gasteiger partial charge in [-0.15, -0.1) is 0 Å². The summed E-state index contributed by atoms with van der Waals surface area (Å²) in [4.78, 5) is 0. The Labute approximate surface area is 145 Å². The summed E-state index contributed by atoms with van der Waals surface area (Å²) in [7, 11) is 0. The monoisotopic (exact) mass is 317 g/mol. The van der Waals surface area contributed by atoms with Crippen molar-refractivity contribution in [3.8, 4) is 0 Å². The van der Waals surface area contributed by atoms with E-state index in [2.05, 4.69) is 63.3 Å². The van der Waals surface area contributed by atoms with E-state index in [1.807, 2.05) is 0 Å². The Kier molecular flexibility index (Phi) is 11.1. The highest BCUT2D eigenvalue weighted by Gasteiger charge is 2.11. The van der Waals surface area contributed by atoms with Crippen molar-refractivity contribution in [3.05, 3.63) is 35.9 Å². The van der Waals surface area contributed by atoms with E-state index < -0.39 is 0 Å². The molecule has 1 heteroatoms. The lowest BCUT2D eigenvalue weighted by molar-refractivity contribution is 0.366. The predicted octanol–water partition coefficient (Wildman–Crippen LogP) is 6.23. The maximum Gasteiger partial charge on any atom is 0.00670 e. The number of benzene rings is 1. The molecule has 1 fully saturated rings. The molecular weight excluding hydrogens is 278 g/mol. The molecule has 1 saturated carbocycles. The minimum atomic E-state index is 0.766. The second kappa shape index (κ2) is 12.6. The van der Waals surface area contributed by atoms with E-state index in [1.165, 1.54) is 63.5 Å². The van der Waals surface area contributed by atoms with E-state index in [-0.39, 0.29) is 0 Å². The van der Waals surface area contributed by atoms with Gasteiger partial charge in [-0.2, -0.15) is 0 Å². The van der Waals surface area contributed by atoms with Crippen molar-refractivity contribution >= 4 is 0 Å². The highest BCUT2D eigenvalue weighted by molar-refractivity contribution is 5.14. The molecule has 132 valence electrons. The molecule has 1 aromatic carbocycles. The molecule has 0 aliphatic heterocycles. The lowest BCUT2D eigenvalue weighted by Gasteiger charge is -2.22. The third-order valence-corrected chi connectivity index (χ3v) is 4.48. The van der Waals surface area contributed by atoms with Gasteiger partial charge in [-0.1, -0.05) is 77.3 Å². The Bertz CT molecular complexity index is 363. The highest BCUT2D eigenvalue weighted by Crippen LogP contribution is 2.17. The van der Waals surface area contributed by atoms with Gasteiger partial charge in [0.05, 0.1) is 0 Å². The summed E-state index contributed by atoms with van der Waals surface area (Å²) < 4.78 is 0. The van der Waals surface area contributed by atoms with Gasteiger partial charge in [-0.3, -0.25) is 0 Å². The highest BCUT2D eigenvalue weighted by atomic mass is 14.9. The van der Waals surface area contributed by atoms with Crippen LogP contribution in [0.2, 0.25) is 0 Å². The molecule has 0 heterocycles. The summed E-state index contributed by atoms with van der Waals surface area (Å²) in [5.74, 6) is 1.63. The van der Waals surface area contributed by atoms with Gasteiger partial charge in [0.15, 0.2) is 0 Å². The summed E-state index contributed by atoms with van der Waals surface area (Å²) >= 11 is 0. The van der Waals surface area contributed by atoms with Crippen LogP contribution in [-0.2, 0) is 6.42 Å². The van der Waals surface area contributed by atoms with Gasteiger partial charge in [0.2, 0.25) is 0 Å². The molecular formula is C22H39N. The number of hydrogen-bond acceptors (Lipinski definition) is 1. The zero-order valence-corrected chi connectivity index (χ0v) is 16.0. The Morgan fingerprint density at radius 3 is 2.13 bits per heavy atom. The minimum absolute atomic E-state index is 0.766. The fourth-order valence-corrected chi connectivity index (χ4v) is 3.21. The van der Waals surface area contributed by atoms with Crippen molar-refractivity contribution in [1.29, 1.82) is 0 Å². The van der Waals surface area contributed by atoms with Gasteiger partial charge in [-0.05, 0) is 56.0 Å².